The van der Waals surface area contributed by atoms with Crippen LogP contribution in [0.5, 0.6) is 0 Å². The molecule has 0 aliphatic rings. The molecular formula is C10H17N5. The molecule has 0 radical (unpaired) electrons. The first-order chi connectivity index (χ1) is 7.20. The van der Waals surface area contributed by atoms with E-state index in [0.717, 1.165) is 24.8 Å². The van der Waals surface area contributed by atoms with E-state index in [2.05, 4.69) is 16.4 Å². The second-order valence-electron chi connectivity index (χ2n) is 3.42. The van der Waals surface area contributed by atoms with E-state index in [0.29, 0.717) is 5.82 Å². The maximum Gasteiger partial charge on any atom is 0.126 e. The molecule has 0 fully saturated rings. The Labute approximate surface area is 89.8 Å². The highest BCUT2D eigenvalue weighted by Crippen LogP contribution is 2.23. The number of hydrogen-bond donors (Lipinski definition) is 3. The summed E-state index contributed by atoms with van der Waals surface area (Å²) < 4.78 is 1.63. The number of nitrogens with two attached hydrogens (primary N) is 2. The Morgan fingerprint density at radius 1 is 1.73 bits per heavy atom. The number of nitrogens with zero attached hydrogens (tertiary/aromatic N) is 2. The average molecular weight is 207 g/mol. The van der Waals surface area contributed by atoms with E-state index in [-0.39, 0.29) is 6.04 Å². The van der Waals surface area contributed by atoms with Crippen LogP contribution in [0.25, 0.3) is 0 Å². The Morgan fingerprint density at radius 3 is 2.93 bits per heavy atom. The summed E-state index contributed by atoms with van der Waals surface area (Å²) >= 11 is 0. The third-order valence-corrected chi connectivity index (χ3v) is 2.40. The predicted octanol–water partition coefficient (Wildman–Crippen LogP) is 0.310. The lowest BCUT2D eigenvalue weighted by atomic mass is 10.0. The molecule has 0 saturated carbocycles. The first-order valence-corrected chi connectivity index (χ1v) is 4.87. The highest BCUT2D eigenvalue weighted by Gasteiger charge is 2.15. The van der Waals surface area contributed by atoms with Crippen LogP contribution in [0.1, 0.15) is 30.9 Å². The van der Waals surface area contributed by atoms with Crippen molar-refractivity contribution in [2.75, 3.05) is 5.73 Å². The molecule has 0 bridgehead atoms. The Kier molecular flexibility index (Phi) is 4.16. The topological polar surface area (TPSA) is 81.9 Å². The largest absolute Gasteiger partial charge is 0.384 e. The van der Waals surface area contributed by atoms with Gasteiger partial charge in [-0.15, -0.1) is 12.3 Å². The molecule has 5 N–H and O–H groups in total. The van der Waals surface area contributed by atoms with Gasteiger partial charge < -0.3 is 5.73 Å². The van der Waals surface area contributed by atoms with Gasteiger partial charge in [0, 0.05) is 19.0 Å². The van der Waals surface area contributed by atoms with Crippen molar-refractivity contribution in [2.45, 2.75) is 25.3 Å². The quantitative estimate of drug-likeness (QED) is 0.281. The Morgan fingerprint density at radius 2 is 2.47 bits per heavy atom. The summed E-state index contributed by atoms with van der Waals surface area (Å²) in [4.78, 5) is 0. The summed E-state index contributed by atoms with van der Waals surface area (Å²) in [5.41, 5.74) is 9.51. The number of hydrogen-bond acceptors (Lipinski definition) is 4. The van der Waals surface area contributed by atoms with Crippen molar-refractivity contribution in [1.82, 2.24) is 15.2 Å². The lowest BCUT2D eigenvalue weighted by Crippen LogP contribution is -2.28. The van der Waals surface area contributed by atoms with Crippen molar-refractivity contribution >= 4 is 5.82 Å². The minimum absolute atomic E-state index is 0.0204. The fourth-order valence-corrected chi connectivity index (χ4v) is 1.47. The van der Waals surface area contributed by atoms with Crippen LogP contribution >= 0.6 is 0 Å². The highest BCUT2D eigenvalue weighted by atomic mass is 15.3. The Balaban J connectivity index is 2.66. The minimum atomic E-state index is 0.0204. The molecule has 1 rings (SSSR count). The van der Waals surface area contributed by atoms with E-state index in [9.17, 15) is 0 Å². The lowest BCUT2D eigenvalue weighted by Gasteiger charge is -2.14. The first kappa shape index (κ1) is 11.6. The van der Waals surface area contributed by atoms with Gasteiger partial charge in [-0.3, -0.25) is 16.0 Å². The molecule has 5 nitrogen and oxygen atoms in total. The standard InChI is InChI=1S/C10H17N5/c1-3-4-5-6-9(14-12)8-7-13-15(2)10(8)11/h1,7,9,14H,4-6,11-12H2,2H3. The molecule has 0 amide bonds. The SMILES string of the molecule is C#CCCCC(NN)c1cnn(C)c1N. The van der Waals surface area contributed by atoms with E-state index < -0.39 is 0 Å². The average Bonchev–Trinajstić information content (AvgIpc) is 2.56. The number of unbranched alkanes of at least 4 members (excludes halogenated alkanes) is 1. The molecular weight excluding hydrogens is 190 g/mol. The summed E-state index contributed by atoms with van der Waals surface area (Å²) in [5.74, 6) is 8.71. The van der Waals surface area contributed by atoms with Crippen LogP contribution < -0.4 is 17.0 Å². The third-order valence-electron chi connectivity index (χ3n) is 2.40. The van der Waals surface area contributed by atoms with Gasteiger partial charge in [0.15, 0.2) is 0 Å². The predicted molar refractivity (Wildman–Crippen MR) is 60.4 cm³/mol. The second-order valence-corrected chi connectivity index (χ2v) is 3.42. The van der Waals surface area contributed by atoms with Crippen molar-refractivity contribution < 1.29 is 0 Å². The molecule has 0 spiro atoms. The number of rotatable bonds is 5. The van der Waals surface area contributed by atoms with Gasteiger partial charge in [-0.1, -0.05) is 0 Å². The second kappa shape index (κ2) is 5.39. The van der Waals surface area contributed by atoms with E-state index in [4.69, 9.17) is 18.0 Å². The van der Waals surface area contributed by atoms with Crippen molar-refractivity contribution in [3.05, 3.63) is 11.8 Å². The molecule has 82 valence electrons. The van der Waals surface area contributed by atoms with E-state index in [1.165, 1.54) is 0 Å². The molecule has 1 unspecified atom stereocenters. The van der Waals surface area contributed by atoms with E-state index in [1.54, 1.807) is 17.9 Å². The summed E-state index contributed by atoms with van der Waals surface area (Å²) in [7, 11) is 1.80. The molecule has 5 heteroatoms. The van der Waals surface area contributed by atoms with Crippen molar-refractivity contribution in [1.29, 1.82) is 0 Å². The zero-order valence-electron chi connectivity index (χ0n) is 8.90. The Bertz CT molecular complexity index is 349. The van der Waals surface area contributed by atoms with Crippen LogP contribution in [0.3, 0.4) is 0 Å². The molecule has 1 heterocycles. The molecule has 0 saturated heterocycles. The molecule has 0 aliphatic carbocycles. The van der Waals surface area contributed by atoms with Crippen LogP contribution in [-0.4, -0.2) is 9.78 Å². The van der Waals surface area contributed by atoms with Crippen molar-refractivity contribution in [3.8, 4) is 12.3 Å². The van der Waals surface area contributed by atoms with Gasteiger partial charge in [-0.2, -0.15) is 5.10 Å². The fraction of sp³-hybridized carbons (Fsp3) is 0.500. The van der Waals surface area contributed by atoms with Crippen LogP contribution in [0.15, 0.2) is 6.20 Å². The van der Waals surface area contributed by atoms with E-state index in [1.807, 2.05) is 0 Å². The maximum atomic E-state index is 5.85. The first-order valence-electron chi connectivity index (χ1n) is 4.87. The normalized spacial score (nSPS) is 12.3. The Hall–Kier alpha value is -1.51. The number of hydrazine groups is 1. The number of aromatic nitrogens is 2. The smallest absolute Gasteiger partial charge is 0.126 e. The van der Waals surface area contributed by atoms with Gasteiger partial charge in [0.05, 0.1) is 12.2 Å². The van der Waals surface area contributed by atoms with Gasteiger partial charge in [-0.25, -0.2) is 0 Å². The third kappa shape index (κ3) is 2.72. The summed E-state index contributed by atoms with van der Waals surface area (Å²) in [5, 5.41) is 4.07. The number of nitrogens with one attached hydrogen (secondary N) is 1. The van der Waals surface area contributed by atoms with Gasteiger partial charge in [0.2, 0.25) is 0 Å². The van der Waals surface area contributed by atoms with Crippen LogP contribution in [0.2, 0.25) is 0 Å². The van der Waals surface area contributed by atoms with E-state index >= 15 is 0 Å². The maximum absolute atomic E-state index is 5.85. The summed E-state index contributed by atoms with van der Waals surface area (Å²) in [6.45, 7) is 0. The molecule has 0 aromatic carbocycles. The van der Waals surface area contributed by atoms with Gasteiger partial charge in [0.25, 0.3) is 0 Å². The van der Waals surface area contributed by atoms with Gasteiger partial charge in [0.1, 0.15) is 5.82 Å². The van der Waals surface area contributed by atoms with Gasteiger partial charge in [-0.05, 0) is 12.8 Å². The number of terminal acetylenes is 1. The molecule has 1 aromatic heterocycles. The lowest BCUT2D eigenvalue weighted by molar-refractivity contribution is 0.503. The molecule has 1 aromatic rings. The highest BCUT2D eigenvalue weighted by molar-refractivity contribution is 5.40. The van der Waals surface area contributed by atoms with Crippen LogP contribution in [0.4, 0.5) is 5.82 Å². The van der Waals surface area contributed by atoms with Crippen LogP contribution in [-0.2, 0) is 7.05 Å². The summed E-state index contributed by atoms with van der Waals surface area (Å²) in [6.07, 6.45) is 9.44. The monoisotopic (exact) mass is 207 g/mol. The molecule has 0 aliphatic heterocycles. The van der Waals surface area contributed by atoms with Gasteiger partial charge >= 0.3 is 0 Å². The zero-order chi connectivity index (χ0) is 11.3. The number of anilines is 1. The van der Waals surface area contributed by atoms with Crippen molar-refractivity contribution in [3.63, 3.8) is 0 Å². The summed E-state index contributed by atoms with van der Waals surface area (Å²) in [6, 6.07) is 0.0204. The number of aryl methyl sites for hydroxylation is 1. The fourth-order valence-electron chi connectivity index (χ4n) is 1.47. The van der Waals surface area contributed by atoms with Crippen LogP contribution in [0, 0.1) is 12.3 Å². The minimum Gasteiger partial charge on any atom is -0.384 e. The molecule has 15 heavy (non-hydrogen) atoms. The zero-order valence-corrected chi connectivity index (χ0v) is 8.90. The van der Waals surface area contributed by atoms with Crippen molar-refractivity contribution in [2.24, 2.45) is 12.9 Å². The molecule has 1 atom stereocenters. The number of nitrogen functional groups attached to an aromatic ring is 1.